The number of nitrogens with zero attached hydrogens (tertiary/aromatic N) is 3. The van der Waals surface area contributed by atoms with E-state index in [4.69, 9.17) is 5.11 Å². The summed E-state index contributed by atoms with van der Waals surface area (Å²) < 4.78 is 0. The predicted octanol–water partition coefficient (Wildman–Crippen LogP) is 0.975. The van der Waals surface area contributed by atoms with E-state index in [-0.39, 0.29) is 5.56 Å². The number of fused-ring (bicyclic) bond motifs is 1. The molecule has 2 rings (SSSR count). The van der Waals surface area contributed by atoms with E-state index < -0.39 is 5.97 Å². The van der Waals surface area contributed by atoms with Crippen LogP contribution in [0.5, 0.6) is 0 Å². The molecule has 1 N–H and O–H groups in total. The Morgan fingerprint density at radius 3 is 2.50 bits per heavy atom. The number of carbonyl (C=O) groups is 1. The van der Waals surface area contributed by atoms with Gasteiger partial charge in [0.05, 0.1) is 5.56 Å². The molecule has 0 bridgehead atoms. The minimum atomic E-state index is -0.935. The molecule has 0 saturated heterocycles. The first-order chi connectivity index (χ1) is 6.58. The topological polar surface area (TPSA) is 68.0 Å². The van der Waals surface area contributed by atoms with Crippen molar-refractivity contribution in [1.82, 2.24) is 15.0 Å². The van der Waals surface area contributed by atoms with Gasteiger partial charge in [0.15, 0.2) is 0 Å². The van der Waals surface area contributed by atoms with Crippen molar-refractivity contribution in [2.45, 2.75) is 6.92 Å². The molecule has 1 heterocycles. The SMILES string of the molecule is Cc1cc2nn(C)nc2cc1C(=O)O. The highest BCUT2D eigenvalue weighted by atomic mass is 16.4. The third-order valence-electron chi connectivity index (χ3n) is 2.06. The lowest BCUT2D eigenvalue weighted by Gasteiger charge is -1.98. The molecule has 2 aromatic rings. The Kier molecular flexibility index (Phi) is 1.73. The molecule has 1 aromatic carbocycles. The molecule has 5 nitrogen and oxygen atoms in total. The van der Waals surface area contributed by atoms with Crippen LogP contribution in [-0.2, 0) is 7.05 Å². The summed E-state index contributed by atoms with van der Waals surface area (Å²) in [5, 5.41) is 17.0. The molecule has 0 aliphatic carbocycles. The highest BCUT2D eigenvalue weighted by molar-refractivity contribution is 5.93. The standard InChI is InChI=1S/C9H9N3O2/c1-5-3-7-8(11-12(2)10-7)4-6(5)9(13)14/h3-4H,1-2H3,(H,13,14). The second-order valence-electron chi connectivity index (χ2n) is 3.15. The number of hydrogen-bond acceptors (Lipinski definition) is 3. The van der Waals surface area contributed by atoms with Crippen LogP contribution in [0.3, 0.4) is 0 Å². The fraction of sp³-hybridized carbons (Fsp3) is 0.222. The van der Waals surface area contributed by atoms with E-state index in [0.717, 1.165) is 5.52 Å². The largest absolute Gasteiger partial charge is 0.478 e. The van der Waals surface area contributed by atoms with E-state index in [1.54, 1.807) is 26.1 Å². The molecule has 0 spiro atoms. The van der Waals surface area contributed by atoms with Crippen molar-refractivity contribution in [1.29, 1.82) is 0 Å². The second-order valence-corrected chi connectivity index (χ2v) is 3.15. The Hall–Kier alpha value is -1.91. The number of aryl methyl sites for hydroxylation is 2. The zero-order valence-electron chi connectivity index (χ0n) is 7.85. The van der Waals surface area contributed by atoms with Gasteiger partial charge in [-0.15, -0.1) is 0 Å². The summed E-state index contributed by atoms with van der Waals surface area (Å²) in [6, 6.07) is 3.27. The van der Waals surface area contributed by atoms with Crippen molar-refractivity contribution < 1.29 is 9.90 Å². The predicted molar refractivity (Wildman–Crippen MR) is 50.2 cm³/mol. The van der Waals surface area contributed by atoms with Gasteiger partial charge in [0.25, 0.3) is 0 Å². The molecule has 0 aliphatic rings. The third-order valence-corrected chi connectivity index (χ3v) is 2.06. The molecule has 72 valence electrons. The number of aromatic nitrogens is 3. The number of carboxylic acid groups (broad SMARTS) is 1. The highest BCUT2D eigenvalue weighted by Crippen LogP contribution is 2.16. The third kappa shape index (κ3) is 1.22. The van der Waals surface area contributed by atoms with Crippen molar-refractivity contribution in [3.05, 3.63) is 23.3 Å². The maximum Gasteiger partial charge on any atom is 0.336 e. The van der Waals surface area contributed by atoms with E-state index in [2.05, 4.69) is 10.2 Å². The summed E-state index contributed by atoms with van der Waals surface area (Å²) in [7, 11) is 1.70. The van der Waals surface area contributed by atoms with Gasteiger partial charge in [-0.05, 0) is 24.6 Å². The quantitative estimate of drug-likeness (QED) is 0.729. The van der Waals surface area contributed by atoms with Crippen LogP contribution in [-0.4, -0.2) is 26.1 Å². The van der Waals surface area contributed by atoms with Crippen molar-refractivity contribution in [2.75, 3.05) is 0 Å². The zero-order valence-corrected chi connectivity index (χ0v) is 7.85. The van der Waals surface area contributed by atoms with Crippen molar-refractivity contribution in [2.24, 2.45) is 7.05 Å². The number of rotatable bonds is 1. The molecular formula is C9H9N3O2. The van der Waals surface area contributed by atoms with Crippen molar-refractivity contribution in [3.8, 4) is 0 Å². The van der Waals surface area contributed by atoms with Crippen LogP contribution < -0.4 is 0 Å². The van der Waals surface area contributed by atoms with E-state index in [1.807, 2.05) is 0 Å². The number of aromatic carboxylic acids is 1. The molecule has 14 heavy (non-hydrogen) atoms. The molecule has 0 amide bonds. The van der Waals surface area contributed by atoms with Gasteiger partial charge in [0.2, 0.25) is 0 Å². The first-order valence-corrected chi connectivity index (χ1v) is 4.13. The lowest BCUT2D eigenvalue weighted by Crippen LogP contribution is -1.99. The summed E-state index contributed by atoms with van der Waals surface area (Å²) in [4.78, 5) is 12.2. The van der Waals surface area contributed by atoms with E-state index in [9.17, 15) is 4.79 Å². The first kappa shape index (κ1) is 8.68. The van der Waals surface area contributed by atoms with Crippen LogP contribution >= 0.6 is 0 Å². The van der Waals surface area contributed by atoms with Gasteiger partial charge < -0.3 is 5.11 Å². The van der Waals surface area contributed by atoms with Crippen LogP contribution in [0, 0.1) is 6.92 Å². The normalized spacial score (nSPS) is 10.7. The van der Waals surface area contributed by atoms with E-state index in [0.29, 0.717) is 11.1 Å². The Labute approximate surface area is 80.0 Å². The van der Waals surface area contributed by atoms with Gasteiger partial charge in [-0.1, -0.05) is 0 Å². The van der Waals surface area contributed by atoms with Gasteiger partial charge >= 0.3 is 5.97 Å². The molecule has 0 aliphatic heterocycles. The fourth-order valence-electron chi connectivity index (χ4n) is 1.41. The second kappa shape index (κ2) is 2.80. The van der Waals surface area contributed by atoms with Gasteiger partial charge in [-0.2, -0.15) is 15.0 Å². The Morgan fingerprint density at radius 2 is 1.93 bits per heavy atom. The van der Waals surface area contributed by atoms with Crippen LogP contribution in [0.2, 0.25) is 0 Å². The number of benzene rings is 1. The molecule has 1 aromatic heterocycles. The zero-order chi connectivity index (χ0) is 10.3. The van der Waals surface area contributed by atoms with Gasteiger partial charge in [0, 0.05) is 7.05 Å². The smallest absolute Gasteiger partial charge is 0.336 e. The summed E-state index contributed by atoms with van der Waals surface area (Å²) in [6.45, 7) is 1.75. The van der Waals surface area contributed by atoms with Crippen LogP contribution in [0.15, 0.2) is 12.1 Å². The Morgan fingerprint density at radius 1 is 1.36 bits per heavy atom. The summed E-state index contributed by atoms with van der Waals surface area (Å²) in [5.74, 6) is -0.935. The minimum Gasteiger partial charge on any atom is -0.478 e. The molecular weight excluding hydrogens is 182 g/mol. The Bertz CT molecular complexity index is 516. The molecule has 0 radical (unpaired) electrons. The van der Waals surface area contributed by atoms with Crippen LogP contribution in [0.4, 0.5) is 0 Å². The molecule has 0 fully saturated rings. The summed E-state index contributed by atoms with van der Waals surface area (Å²) in [6.07, 6.45) is 0. The highest BCUT2D eigenvalue weighted by Gasteiger charge is 2.10. The van der Waals surface area contributed by atoms with E-state index in [1.165, 1.54) is 4.80 Å². The monoisotopic (exact) mass is 191 g/mol. The molecule has 5 heteroatoms. The first-order valence-electron chi connectivity index (χ1n) is 4.13. The lowest BCUT2D eigenvalue weighted by atomic mass is 10.1. The molecule has 0 unspecified atom stereocenters. The number of carboxylic acids is 1. The Balaban J connectivity index is 2.76. The average Bonchev–Trinajstić information content (AvgIpc) is 2.42. The summed E-state index contributed by atoms with van der Waals surface area (Å²) >= 11 is 0. The van der Waals surface area contributed by atoms with Crippen LogP contribution in [0.1, 0.15) is 15.9 Å². The summed E-state index contributed by atoms with van der Waals surface area (Å²) in [5.41, 5.74) is 2.30. The molecule has 0 saturated carbocycles. The van der Waals surface area contributed by atoms with E-state index >= 15 is 0 Å². The maximum absolute atomic E-state index is 10.8. The maximum atomic E-state index is 10.8. The van der Waals surface area contributed by atoms with Crippen LogP contribution in [0.25, 0.3) is 11.0 Å². The fourth-order valence-corrected chi connectivity index (χ4v) is 1.41. The van der Waals surface area contributed by atoms with Gasteiger partial charge in [-0.25, -0.2) is 4.79 Å². The lowest BCUT2D eigenvalue weighted by molar-refractivity contribution is 0.0696. The van der Waals surface area contributed by atoms with Crippen molar-refractivity contribution in [3.63, 3.8) is 0 Å². The average molecular weight is 191 g/mol. The van der Waals surface area contributed by atoms with Crippen molar-refractivity contribution >= 4 is 17.0 Å². The molecule has 0 atom stereocenters. The number of hydrogen-bond donors (Lipinski definition) is 1. The van der Waals surface area contributed by atoms with Gasteiger partial charge in [0.1, 0.15) is 11.0 Å². The minimum absolute atomic E-state index is 0.276. The van der Waals surface area contributed by atoms with Gasteiger partial charge in [-0.3, -0.25) is 0 Å².